The average Bonchev–Trinajstić information content (AvgIpc) is 3.09. The molecule has 0 aromatic rings. The minimum atomic E-state index is -1.19. The minimum Gasteiger partial charge on any atom is -0.342 e. The highest BCUT2D eigenvalue weighted by Crippen LogP contribution is 2.16. The average molecular weight is 699 g/mol. The monoisotopic (exact) mass is 699 g/mol. The second kappa shape index (κ2) is 34.3. The maximum atomic E-state index is 13.6. The fraction of sp³-hybridized carbons (Fsp3) is 0.897. The van der Waals surface area contributed by atoms with Crippen LogP contribution >= 0.6 is 0 Å². The second-order valence-electron chi connectivity index (χ2n) is 13.6. The number of hydrogen-bond donors (Lipinski definition) is 1. The van der Waals surface area contributed by atoms with Gasteiger partial charge in [0.1, 0.15) is 12.0 Å². The fourth-order valence-corrected chi connectivity index (χ4v) is 6.09. The highest BCUT2D eigenvalue weighted by Gasteiger charge is 2.31. The van der Waals surface area contributed by atoms with Gasteiger partial charge in [0.2, 0.25) is 11.8 Å². The second-order valence-corrected chi connectivity index (χ2v) is 13.6. The Morgan fingerprint density at radius 3 is 1.29 bits per heavy atom. The molecule has 288 valence electrons. The third-order valence-electron chi connectivity index (χ3n) is 9.22. The van der Waals surface area contributed by atoms with E-state index in [2.05, 4.69) is 38.7 Å². The lowest BCUT2D eigenvalue weighted by molar-refractivity contribution is -0.258. The molecule has 0 radical (unpaired) electrons. The van der Waals surface area contributed by atoms with Gasteiger partial charge in [0.05, 0.1) is 20.6 Å². The molecule has 0 aromatic heterocycles. The zero-order valence-corrected chi connectivity index (χ0v) is 32.2. The topological polar surface area (TPSA) is 120 Å². The summed E-state index contributed by atoms with van der Waals surface area (Å²) in [6, 6.07) is -1.19. The van der Waals surface area contributed by atoms with Gasteiger partial charge in [0.15, 0.2) is 0 Å². The normalized spacial score (nSPS) is 12.3. The summed E-state index contributed by atoms with van der Waals surface area (Å²) in [5.41, 5.74) is 0. The SMILES string of the molecule is CCCCCCCCCCCCCCN(CCCCCCCCCCCCCC)C(=O)C(C)C(=O)NC(CCC(=O)OOC)C(=O)OOC. The van der Waals surface area contributed by atoms with Gasteiger partial charge < -0.3 is 10.2 Å². The molecule has 2 atom stereocenters. The summed E-state index contributed by atoms with van der Waals surface area (Å²) in [7, 11) is 2.37. The summed E-state index contributed by atoms with van der Waals surface area (Å²) in [5.74, 6) is -3.42. The van der Waals surface area contributed by atoms with Crippen LogP contribution in [0.25, 0.3) is 0 Å². The van der Waals surface area contributed by atoms with E-state index in [4.69, 9.17) is 0 Å². The van der Waals surface area contributed by atoms with Gasteiger partial charge in [0.25, 0.3) is 0 Å². The molecular weight excluding hydrogens is 624 g/mol. The molecule has 0 spiro atoms. The van der Waals surface area contributed by atoms with Gasteiger partial charge >= 0.3 is 11.9 Å². The van der Waals surface area contributed by atoms with E-state index in [9.17, 15) is 19.2 Å². The van der Waals surface area contributed by atoms with Crippen molar-refractivity contribution in [2.24, 2.45) is 5.92 Å². The molecule has 0 heterocycles. The van der Waals surface area contributed by atoms with Crippen molar-refractivity contribution in [2.45, 2.75) is 194 Å². The smallest absolute Gasteiger partial charge is 0.342 e. The summed E-state index contributed by atoms with van der Waals surface area (Å²) in [5, 5.41) is 2.57. The van der Waals surface area contributed by atoms with Crippen LogP contribution < -0.4 is 5.32 Å². The Morgan fingerprint density at radius 2 is 0.918 bits per heavy atom. The van der Waals surface area contributed by atoms with Crippen LogP contribution in [0.5, 0.6) is 0 Å². The van der Waals surface area contributed by atoms with E-state index in [0.29, 0.717) is 13.1 Å². The highest BCUT2D eigenvalue weighted by atomic mass is 17.2. The third kappa shape index (κ3) is 27.2. The Kier molecular flexibility index (Phi) is 32.7. The fourth-order valence-electron chi connectivity index (χ4n) is 6.09. The maximum absolute atomic E-state index is 13.6. The number of carbonyl (C=O) groups is 4. The van der Waals surface area contributed by atoms with E-state index in [1.54, 1.807) is 6.92 Å². The first-order valence-electron chi connectivity index (χ1n) is 19.9. The molecule has 0 bridgehead atoms. The zero-order valence-electron chi connectivity index (χ0n) is 32.2. The molecule has 1 N–H and O–H groups in total. The molecule has 0 aliphatic heterocycles. The Hall–Kier alpha value is -2.20. The van der Waals surface area contributed by atoms with Crippen LogP contribution in [-0.2, 0) is 38.7 Å². The summed E-state index contributed by atoms with van der Waals surface area (Å²) in [6.45, 7) is 7.29. The zero-order chi connectivity index (χ0) is 36.4. The van der Waals surface area contributed by atoms with E-state index in [1.807, 2.05) is 4.90 Å². The van der Waals surface area contributed by atoms with Gasteiger partial charge in [-0.3, -0.25) is 19.4 Å². The Morgan fingerprint density at radius 1 is 0.551 bits per heavy atom. The molecule has 0 aliphatic rings. The van der Waals surface area contributed by atoms with Crippen molar-refractivity contribution < 1.29 is 38.7 Å². The van der Waals surface area contributed by atoms with E-state index < -0.39 is 29.8 Å². The van der Waals surface area contributed by atoms with Crippen molar-refractivity contribution in [1.82, 2.24) is 10.2 Å². The van der Waals surface area contributed by atoms with E-state index in [0.717, 1.165) is 38.5 Å². The third-order valence-corrected chi connectivity index (χ3v) is 9.22. The van der Waals surface area contributed by atoms with E-state index in [-0.39, 0.29) is 18.7 Å². The quantitative estimate of drug-likeness (QED) is 0.0301. The largest absolute Gasteiger partial charge is 0.364 e. The highest BCUT2D eigenvalue weighted by molar-refractivity contribution is 6.01. The number of carbonyl (C=O) groups excluding carboxylic acids is 4. The van der Waals surface area contributed by atoms with Crippen LogP contribution in [0.1, 0.15) is 188 Å². The Bertz CT molecular complexity index is 797. The van der Waals surface area contributed by atoms with Crippen molar-refractivity contribution in [3.8, 4) is 0 Å². The van der Waals surface area contributed by atoms with Crippen LogP contribution in [0.2, 0.25) is 0 Å². The van der Waals surface area contributed by atoms with Crippen LogP contribution in [0.15, 0.2) is 0 Å². The van der Waals surface area contributed by atoms with E-state index in [1.165, 1.54) is 130 Å². The van der Waals surface area contributed by atoms with Gasteiger partial charge in [-0.05, 0) is 26.2 Å². The lowest BCUT2D eigenvalue weighted by atomic mass is 10.0. The number of amides is 2. The standard InChI is InChI=1S/C39H74N2O8/c1-6-8-10-12-14-16-18-20-22-24-26-28-32-41(33-29-27-25-23-21-19-17-15-13-11-9-7-2)38(44)34(3)37(43)40-35(39(45)49-47-5)30-31-36(42)48-46-4/h34-35H,6-33H2,1-5H3,(H,40,43). The van der Waals surface area contributed by atoms with Crippen molar-refractivity contribution in [2.75, 3.05) is 27.3 Å². The molecule has 0 saturated heterocycles. The first-order chi connectivity index (χ1) is 23.8. The number of hydrogen-bond acceptors (Lipinski definition) is 8. The number of rotatable bonds is 35. The van der Waals surface area contributed by atoms with Gasteiger partial charge in [0, 0.05) is 13.1 Å². The van der Waals surface area contributed by atoms with E-state index >= 15 is 0 Å². The van der Waals surface area contributed by atoms with Crippen molar-refractivity contribution in [3.05, 3.63) is 0 Å². The molecule has 10 nitrogen and oxygen atoms in total. The summed E-state index contributed by atoms with van der Waals surface area (Å²) in [4.78, 5) is 70.7. The molecule has 2 unspecified atom stereocenters. The Labute approximate surface area is 299 Å². The van der Waals surface area contributed by atoms with Gasteiger partial charge in [-0.2, -0.15) is 9.78 Å². The number of unbranched alkanes of at least 4 members (excludes halogenated alkanes) is 22. The molecule has 0 fully saturated rings. The minimum absolute atomic E-state index is 0.0987. The molecule has 0 aromatic carbocycles. The van der Waals surface area contributed by atoms with Crippen molar-refractivity contribution in [3.63, 3.8) is 0 Å². The van der Waals surface area contributed by atoms with Crippen molar-refractivity contribution in [1.29, 1.82) is 0 Å². The predicted octanol–water partition coefficient (Wildman–Crippen LogP) is 9.33. The summed E-state index contributed by atoms with van der Waals surface area (Å²) >= 11 is 0. The predicted molar refractivity (Wildman–Crippen MR) is 195 cm³/mol. The molecule has 2 amide bonds. The first kappa shape index (κ1) is 46.8. The van der Waals surface area contributed by atoms with Gasteiger partial charge in [-0.25, -0.2) is 9.59 Å². The molecular formula is C39H74N2O8. The van der Waals surface area contributed by atoms with Gasteiger partial charge in [-0.1, -0.05) is 155 Å². The molecule has 0 rings (SSSR count). The molecule has 49 heavy (non-hydrogen) atoms. The van der Waals surface area contributed by atoms with Crippen molar-refractivity contribution >= 4 is 23.8 Å². The Balaban J connectivity index is 4.89. The first-order valence-corrected chi connectivity index (χ1v) is 19.9. The van der Waals surface area contributed by atoms with Gasteiger partial charge in [-0.15, -0.1) is 0 Å². The molecule has 0 saturated carbocycles. The van der Waals surface area contributed by atoms with Crippen LogP contribution in [0, 0.1) is 5.92 Å². The number of nitrogens with one attached hydrogen (secondary N) is 1. The summed E-state index contributed by atoms with van der Waals surface area (Å²) < 4.78 is 0. The summed E-state index contributed by atoms with van der Waals surface area (Å²) in [6.07, 6.45) is 29.5. The molecule has 10 heteroatoms. The van der Waals surface area contributed by atoms with Crippen LogP contribution in [-0.4, -0.2) is 62.0 Å². The molecule has 0 aliphatic carbocycles. The lowest BCUT2D eigenvalue weighted by Gasteiger charge is -2.26. The van der Waals surface area contributed by atoms with Crippen LogP contribution in [0.4, 0.5) is 0 Å². The maximum Gasteiger partial charge on any atom is 0.364 e. The lowest BCUT2D eigenvalue weighted by Crippen LogP contribution is -2.48. The van der Waals surface area contributed by atoms with Crippen LogP contribution in [0.3, 0.4) is 0 Å². The number of nitrogens with zero attached hydrogens (tertiary/aromatic N) is 1.